The molecule has 0 heterocycles. The van der Waals surface area contributed by atoms with E-state index in [0.29, 0.717) is 5.88 Å². The van der Waals surface area contributed by atoms with Gasteiger partial charge in [0, 0.05) is 5.88 Å². The van der Waals surface area contributed by atoms with Crippen molar-refractivity contribution >= 4 is 17.6 Å². The molecule has 7 nitrogen and oxygen atoms in total. The molecule has 0 fully saturated rings. The zero-order valence-electron chi connectivity index (χ0n) is 10.8. The summed E-state index contributed by atoms with van der Waals surface area (Å²) in [7, 11) is 0. The number of aliphatic hydroxyl groups is 5. The number of carboxylic acids is 1. The van der Waals surface area contributed by atoms with E-state index >= 15 is 0 Å². The van der Waals surface area contributed by atoms with E-state index in [1.807, 2.05) is 12.2 Å². The summed E-state index contributed by atoms with van der Waals surface area (Å²) in [5.74, 6) is -1.03. The molecule has 0 radical (unpaired) electrons. The maximum absolute atomic E-state index is 10.1. The number of alkyl halides is 1. The zero-order valence-corrected chi connectivity index (χ0v) is 11.6. The molecular formula is C12H21ClO7. The molecule has 20 heavy (non-hydrogen) atoms. The van der Waals surface area contributed by atoms with Crippen LogP contribution in [0.25, 0.3) is 0 Å². The lowest BCUT2D eigenvalue weighted by atomic mass is 10.0. The third-order valence-electron chi connectivity index (χ3n) is 2.06. The number of halogens is 1. The van der Waals surface area contributed by atoms with Crippen molar-refractivity contribution in [2.75, 3.05) is 12.5 Å². The Labute approximate surface area is 122 Å². The van der Waals surface area contributed by atoms with Crippen molar-refractivity contribution in [1.82, 2.24) is 0 Å². The quantitative estimate of drug-likeness (QED) is 0.246. The average molecular weight is 313 g/mol. The summed E-state index contributed by atoms with van der Waals surface area (Å²) in [5.41, 5.74) is 0. The Morgan fingerprint density at radius 2 is 1.75 bits per heavy atom. The van der Waals surface area contributed by atoms with Gasteiger partial charge < -0.3 is 30.6 Å². The molecule has 4 atom stereocenters. The zero-order chi connectivity index (χ0) is 16.1. The first-order chi connectivity index (χ1) is 9.33. The van der Waals surface area contributed by atoms with Crippen LogP contribution in [0.5, 0.6) is 0 Å². The second kappa shape index (κ2) is 13.0. The van der Waals surface area contributed by atoms with Gasteiger partial charge in [-0.2, -0.15) is 0 Å². The van der Waals surface area contributed by atoms with Gasteiger partial charge in [-0.3, -0.25) is 0 Å². The first kappa shape index (κ1) is 21.3. The van der Waals surface area contributed by atoms with Crippen LogP contribution in [0.1, 0.15) is 6.42 Å². The van der Waals surface area contributed by atoms with Gasteiger partial charge in [-0.15, -0.1) is 11.6 Å². The summed E-state index contributed by atoms with van der Waals surface area (Å²) in [5, 5.41) is 51.8. The van der Waals surface area contributed by atoms with Crippen molar-refractivity contribution < 1.29 is 35.4 Å². The third-order valence-corrected chi connectivity index (χ3v) is 2.27. The average Bonchev–Trinajstić information content (AvgIpc) is 2.45. The fourth-order valence-electron chi connectivity index (χ4n) is 0.924. The SMILES string of the molecule is C=CC=CCCCl.O=C(O)[C@H](O)[C@@H](O)[C@H](O)[C@H](O)CO. The molecule has 0 aromatic rings. The topological polar surface area (TPSA) is 138 Å². The highest BCUT2D eigenvalue weighted by atomic mass is 35.5. The van der Waals surface area contributed by atoms with Gasteiger partial charge in [0.25, 0.3) is 0 Å². The molecule has 0 saturated heterocycles. The normalized spacial score (nSPS) is 16.7. The van der Waals surface area contributed by atoms with Crippen molar-refractivity contribution in [3.05, 3.63) is 24.8 Å². The van der Waals surface area contributed by atoms with Crippen LogP contribution < -0.4 is 0 Å². The Kier molecular flexibility index (Phi) is 13.9. The molecule has 118 valence electrons. The van der Waals surface area contributed by atoms with Crippen LogP contribution in [-0.2, 0) is 4.79 Å². The molecule has 0 bridgehead atoms. The van der Waals surface area contributed by atoms with E-state index in [-0.39, 0.29) is 0 Å². The van der Waals surface area contributed by atoms with Gasteiger partial charge in [0.2, 0.25) is 0 Å². The highest BCUT2D eigenvalue weighted by molar-refractivity contribution is 6.17. The van der Waals surface area contributed by atoms with Crippen LogP contribution >= 0.6 is 11.6 Å². The van der Waals surface area contributed by atoms with E-state index < -0.39 is 37.0 Å². The maximum atomic E-state index is 10.1. The Morgan fingerprint density at radius 3 is 2.10 bits per heavy atom. The second-order valence-electron chi connectivity index (χ2n) is 3.66. The van der Waals surface area contributed by atoms with E-state index in [1.165, 1.54) is 0 Å². The molecule has 0 aromatic carbocycles. The van der Waals surface area contributed by atoms with E-state index in [4.69, 9.17) is 42.2 Å². The van der Waals surface area contributed by atoms with Crippen LogP contribution in [0, 0.1) is 0 Å². The second-order valence-corrected chi connectivity index (χ2v) is 4.03. The lowest BCUT2D eigenvalue weighted by molar-refractivity contribution is -0.164. The number of hydrogen-bond acceptors (Lipinski definition) is 6. The summed E-state index contributed by atoms with van der Waals surface area (Å²) in [6, 6.07) is 0. The number of carboxylic acid groups (broad SMARTS) is 1. The molecule has 0 unspecified atom stereocenters. The fraction of sp³-hybridized carbons (Fsp3) is 0.583. The molecule has 0 spiro atoms. The fourth-order valence-corrected chi connectivity index (χ4v) is 1.05. The molecule has 0 rings (SSSR count). The summed E-state index contributed by atoms with van der Waals surface area (Å²) < 4.78 is 0. The van der Waals surface area contributed by atoms with Crippen LogP contribution in [0.3, 0.4) is 0 Å². The van der Waals surface area contributed by atoms with Gasteiger partial charge in [-0.1, -0.05) is 24.8 Å². The minimum atomic E-state index is -2.20. The molecule has 0 aliphatic carbocycles. The summed E-state index contributed by atoms with van der Waals surface area (Å²) in [4.78, 5) is 10.1. The molecular weight excluding hydrogens is 292 g/mol. The summed E-state index contributed by atoms with van der Waals surface area (Å²) in [6.07, 6.45) is -1.28. The van der Waals surface area contributed by atoms with Gasteiger partial charge >= 0.3 is 5.97 Å². The van der Waals surface area contributed by atoms with Gasteiger partial charge in [0.05, 0.1) is 6.61 Å². The number of aliphatic hydroxyl groups excluding tert-OH is 5. The van der Waals surface area contributed by atoms with E-state index in [0.717, 1.165) is 6.42 Å². The molecule has 0 aliphatic heterocycles. The van der Waals surface area contributed by atoms with Crippen molar-refractivity contribution in [2.45, 2.75) is 30.8 Å². The number of allylic oxidation sites excluding steroid dienone is 3. The highest BCUT2D eigenvalue weighted by Gasteiger charge is 2.33. The predicted molar refractivity (Wildman–Crippen MR) is 73.4 cm³/mol. The lowest BCUT2D eigenvalue weighted by Gasteiger charge is -2.23. The first-order valence-electron chi connectivity index (χ1n) is 5.72. The van der Waals surface area contributed by atoms with E-state index in [1.54, 1.807) is 6.08 Å². The molecule has 0 aromatic heterocycles. The van der Waals surface area contributed by atoms with Gasteiger partial charge in [0.1, 0.15) is 18.3 Å². The number of hydrogen-bond donors (Lipinski definition) is 6. The van der Waals surface area contributed by atoms with Gasteiger partial charge in [-0.05, 0) is 6.42 Å². The van der Waals surface area contributed by atoms with Crippen LogP contribution in [-0.4, -0.2) is 73.5 Å². The number of carbonyl (C=O) groups is 1. The van der Waals surface area contributed by atoms with Crippen LogP contribution in [0.2, 0.25) is 0 Å². The minimum absolute atomic E-state index is 0.699. The molecule has 0 aliphatic rings. The van der Waals surface area contributed by atoms with Crippen molar-refractivity contribution in [1.29, 1.82) is 0 Å². The van der Waals surface area contributed by atoms with Crippen molar-refractivity contribution in [3.63, 3.8) is 0 Å². The monoisotopic (exact) mass is 312 g/mol. The molecule has 0 saturated carbocycles. The third kappa shape index (κ3) is 9.90. The van der Waals surface area contributed by atoms with Crippen LogP contribution in [0.4, 0.5) is 0 Å². The Morgan fingerprint density at radius 1 is 1.20 bits per heavy atom. The van der Waals surface area contributed by atoms with E-state index in [2.05, 4.69) is 6.58 Å². The largest absolute Gasteiger partial charge is 0.479 e. The molecule has 0 amide bonds. The van der Waals surface area contributed by atoms with Crippen molar-refractivity contribution in [3.8, 4) is 0 Å². The lowest BCUT2D eigenvalue weighted by Crippen LogP contribution is -2.48. The highest BCUT2D eigenvalue weighted by Crippen LogP contribution is 2.04. The van der Waals surface area contributed by atoms with Gasteiger partial charge in [0.15, 0.2) is 6.10 Å². The first-order valence-corrected chi connectivity index (χ1v) is 6.26. The standard InChI is InChI=1S/C6H9Cl.C6H12O7/c1-2-3-4-5-6-7;7-1-2(8)3(9)4(10)5(11)6(12)13/h2-4H,1,5-6H2;2-5,7-11H,1H2,(H,12,13)/t;2-,3-,4+,5-/m.1/s1. The Hall–Kier alpha value is -0.960. The minimum Gasteiger partial charge on any atom is -0.479 e. The number of aliphatic carboxylic acids is 1. The van der Waals surface area contributed by atoms with Gasteiger partial charge in [-0.25, -0.2) is 4.79 Å². The Bertz CT molecular complexity index is 296. The van der Waals surface area contributed by atoms with E-state index in [9.17, 15) is 4.79 Å². The predicted octanol–water partition coefficient (Wildman–Crippen LogP) is -1.14. The van der Waals surface area contributed by atoms with Crippen molar-refractivity contribution in [2.24, 2.45) is 0 Å². The summed E-state index contributed by atoms with van der Waals surface area (Å²) in [6.45, 7) is 2.66. The maximum Gasteiger partial charge on any atom is 0.335 e. The molecule has 6 N–H and O–H groups in total. The summed E-state index contributed by atoms with van der Waals surface area (Å²) >= 11 is 5.35. The smallest absolute Gasteiger partial charge is 0.335 e. The van der Waals surface area contributed by atoms with Crippen LogP contribution in [0.15, 0.2) is 24.8 Å². The Balaban J connectivity index is 0. The molecule has 8 heteroatoms. The number of rotatable bonds is 8.